The summed E-state index contributed by atoms with van der Waals surface area (Å²) in [7, 11) is 1.58. The van der Waals surface area contributed by atoms with E-state index in [0.29, 0.717) is 29.0 Å². The molecule has 0 aliphatic rings. The van der Waals surface area contributed by atoms with Crippen LogP contribution in [0.3, 0.4) is 0 Å². The Balaban J connectivity index is 2.75. The van der Waals surface area contributed by atoms with Crippen molar-refractivity contribution in [2.75, 3.05) is 13.7 Å². The zero-order chi connectivity index (χ0) is 15.0. The molecular weight excluding hydrogens is 276 g/mol. The van der Waals surface area contributed by atoms with E-state index in [1.807, 2.05) is 0 Å². The van der Waals surface area contributed by atoms with Gasteiger partial charge in [0.25, 0.3) is 0 Å². The fourth-order valence-corrected chi connectivity index (χ4v) is 2.39. The molecule has 1 rings (SSSR count). The zero-order valence-corrected chi connectivity index (χ0v) is 13.4. The number of aliphatic hydroxyl groups is 1. The highest BCUT2D eigenvalue weighted by atomic mass is 35.5. The van der Waals surface area contributed by atoms with Crippen LogP contribution >= 0.6 is 11.6 Å². The Morgan fingerprint density at radius 3 is 2.60 bits per heavy atom. The van der Waals surface area contributed by atoms with Gasteiger partial charge in [-0.1, -0.05) is 44.7 Å². The van der Waals surface area contributed by atoms with Crippen molar-refractivity contribution >= 4 is 11.6 Å². The summed E-state index contributed by atoms with van der Waals surface area (Å²) in [5, 5.41) is 9.66. The number of hydrogen-bond donors (Lipinski definition) is 1. The molecule has 1 aromatic rings. The van der Waals surface area contributed by atoms with E-state index in [1.54, 1.807) is 19.2 Å². The maximum absolute atomic E-state index is 9.17. The fourth-order valence-electron chi connectivity index (χ4n) is 2.10. The molecule has 4 heteroatoms. The number of hydrogen-bond acceptors (Lipinski definition) is 3. The predicted molar refractivity (Wildman–Crippen MR) is 82.7 cm³/mol. The van der Waals surface area contributed by atoms with Gasteiger partial charge in [0.1, 0.15) is 0 Å². The van der Waals surface area contributed by atoms with Crippen LogP contribution in [0.4, 0.5) is 0 Å². The van der Waals surface area contributed by atoms with E-state index in [0.717, 1.165) is 12.0 Å². The van der Waals surface area contributed by atoms with Gasteiger partial charge < -0.3 is 14.6 Å². The van der Waals surface area contributed by atoms with E-state index in [1.165, 1.54) is 19.3 Å². The molecule has 1 aromatic carbocycles. The lowest BCUT2D eigenvalue weighted by Gasteiger charge is -2.18. The number of benzene rings is 1. The van der Waals surface area contributed by atoms with Gasteiger partial charge in [-0.05, 0) is 30.0 Å². The molecule has 0 saturated carbocycles. The highest BCUT2D eigenvalue weighted by Crippen LogP contribution is 2.37. The van der Waals surface area contributed by atoms with Gasteiger partial charge in [-0.15, -0.1) is 0 Å². The molecule has 3 nitrogen and oxygen atoms in total. The first-order valence-electron chi connectivity index (χ1n) is 7.26. The Hall–Kier alpha value is -0.930. The lowest BCUT2D eigenvalue weighted by Crippen LogP contribution is -2.12. The summed E-state index contributed by atoms with van der Waals surface area (Å²) in [4.78, 5) is 0. The van der Waals surface area contributed by atoms with Gasteiger partial charge in [-0.2, -0.15) is 0 Å². The van der Waals surface area contributed by atoms with Gasteiger partial charge >= 0.3 is 0 Å². The Morgan fingerprint density at radius 2 is 2.05 bits per heavy atom. The first-order chi connectivity index (χ1) is 9.65. The van der Waals surface area contributed by atoms with Crippen LogP contribution in [0.2, 0.25) is 5.02 Å². The second-order valence-electron chi connectivity index (χ2n) is 4.99. The maximum Gasteiger partial charge on any atom is 0.179 e. The average molecular weight is 301 g/mol. The molecule has 0 aromatic heterocycles. The monoisotopic (exact) mass is 300 g/mol. The van der Waals surface area contributed by atoms with E-state index < -0.39 is 0 Å². The Bertz CT molecular complexity index is 407. The topological polar surface area (TPSA) is 38.7 Å². The minimum atomic E-state index is -0.0650. The fraction of sp³-hybridized carbons (Fsp3) is 0.625. The number of aliphatic hydroxyl groups excluding tert-OH is 1. The van der Waals surface area contributed by atoms with Gasteiger partial charge in [0.15, 0.2) is 11.5 Å². The summed E-state index contributed by atoms with van der Waals surface area (Å²) in [6.45, 7) is 4.95. The molecule has 0 aliphatic heterocycles. The average Bonchev–Trinajstić information content (AvgIpc) is 2.47. The van der Waals surface area contributed by atoms with Crippen LogP contribution in [-0.4, -0.2) is 18.8 Å². The molecule has 0 bridgehead atoms. The molecule has 1 unspecified atom stereocenters. The minimum Gasteiger partial charge on any atom is -0.493 e. The minimum absolute atomic E-state index is 0.0650. The first-order valence-corrected chi connectivity index (χ1v) is 7.64. The van der Waals surface area contributed by atoms with Gasteiger partial charge in [-0.3, -0.25) is 0 Å². The number of halogens is 1. The molecule has 0 amide bonds. The van der Waals surface area contributed by atoms with Gasteiger partial charge in [0.05, 0.1) is 25.3 Å². The molecular formula is C16H25ClO3. The Morgan fingerprint density at radius 1 is 1.30 bits per heavy atom. The van der Waals surface area contributed by atoms with Crippen molar-refractivity contribution in [3.05, 3.63) is 22.7 Å². The molecule has 0 spiro atoms. The molecule has 20 heavy (non-hydrogen) atoms. The Labute approximate surface area is 126 Å². The molecule has 1 atom stereocenters. The van der Waals surface area contributed by atoms with E-state index >= 15 is 0 Å². The molecule has 0 saturated heterocycles. The summed E-state index contributed by atoms with van der Waals surface area (Å²) in [6, 6.07) is 3.47. The van der Waals surface area contributed by atoms with E-state index in [4.69, 9.17) is 21.1 Å². The number of rotatable bonds is 9. The smallest absolute Gasteiger partial charge is 0.179 e. The third kappa shape index (κ3) is 4.88. The van der Waals surface area contributed by atoms with Gasteiger partial charge in [0.2, 0.25) is 0 Å². The summed E-state index contributed by atoms with van der Waals surface area (Å²) in [5.74, 6) is 1.68. The van der Waals surface area contributed by atoms with Crippen LogP contribution in [0.25, 0.3) is 0 Å². The zero-order valence-electron chi connectivity index (χ0n) is 12.6. The lowest BCUT2D eigenvalue weighted by molar-refractivity contribution is 0.224. The van der Waals surface area contributed by atoms with Crippen LogP contribution < -0.4 is 9.47 Å². The summed E-state index contributed by atoms with van der Waals surface area (Å²) in [5.41, 5.74) is 0.720. The van der Waals surface area contributed by atoms with Gasteiger partial charge in [-0.25, -0.2) is 0 Å². The van der Waals surface area contributed by atoms with E-state index in [-0.39, 0.29) is 6.61 Å². The van der Waals surface area contributed by atoms with Crippen molar-refractivity contribution in [2.45, 2.75) is 46.1 Å². The van der Waals surface area contributed by atoms with Gasteiger partial charge in [0, 0.05) is 0 Å². The molecule has 0 radical (unpaired) electrons. The van der Waals surface area contributed by atoms with Crippen molar-refractivity contribution in [2.24, 2.45) is 5.92 Å². The standard InChI is InChI=1S/C16H25ClO3/c1-4-6-7-12(5-2)11-20-16-14(17)8-13(10-18)9-15(16)19-3/h8-9,12,18H,4-7,10-11H2,1-3H3. The van der Waals surface area contributed by atoms with E-state index in [9.17, 15) is 5.11 Å². The van der Waals surface area contributed by atoms with Crippen LogP contribution in [-0.2, 0) is 6.61 Å². The third-order valence-electron chi connectivity index (χ3n) is 3.48. The number of methoxy groups -OCH3 is 1. The Kier molecular flexibility index (Phi) is 7.78. The molecule has 0 heterocycles. The van der Waals surface area contributed by atoms with Crippen molar-refractivity contribution in [3.63, 3.8) is 0 Å². The first kappa shape index (κ1) is 17.1. The summed E-state index contributed by atoms with van der Waals surface area (Å²) >= 11 is 6.21. The van der Waals surface area contributed by atoms with Crippen LogP contribution in [0.15, 0.2) is 12.1 Å². The number of unbranched alkanes of at least 4 members (excludes halogenated alkanes) is 1. The quantitative estimate of drug-likeness (QED) is 0.733. The highest BCUT2D eigenvalue weighted by molar-refractivity contribution is 6.32. The highest BCUT2D eigenvalue weighted by Gasteiger charge is 2.14. The van der Waals surface area contributed by atoms with Crippen LogP contribution in [0, 0.1) is 5.92 Å². The summed E-state index contributed by atoms with van der Waals surface area (Å²) < 4.78 is 11.2. The summed E-state index contributed by atoms with van der Waals surface area (Å²) in [6.07, 6.45) is 4.68. The normalized spacial score (nSPS) is 12.2. The van der Waals surface area contributed by atoms with Crippen molar-refractivity contribution < 1.29 is 14.6 Å². The van der Waals surface area contributed by atoms with Crippen molar-refractivity contribution in [3.8, 4) is 11.5 Å². The van der Waals surface area contributed by atoms with Crippen molar-refractivity contribution in [1.82, 2.24) is 0 Å². The molecule has 114 valence electrons. The van der Waals surface area contributed by atoms with Crippen LogP contribution in [0.5, 0.6) is 11.5 Å². The number of ether oxygens (including phenoxy) is 2. The molecule has 1 N–H and O–H groups in total. The maximum atomic E-state index is 9.17. The molecule has 0 aliphatic carbocycles. The second kappa shape index (κ2) is 9.09. The van der Waals surface area contributed by atoms with Crippen molar-refractivity contribution in [1.29, 1.82) is 0 Å². The molecule has 0 fully saturated rings. The third-order valence-corrected chi connectivity index (χ3v) is 3.76. The lowest BCUT2D eigenvalue weighted by atomic mass is 10.0. The van der Waals surface area contributed by atoms with E-state index in [2.05, 4.69) is 13.8 Å². The van der Waals surface area contributed by atoms with Crippen LogP contribution in [0.1, 0.15) is 45.1 Å². The largest absolute Gasteiger partial charge is 0.493 e. The predicted octanol–water partition coefficient (Wildman–Crippen LogP) is 4.44. The second-order valence-corrected chi connectivity index (χ2v) is 5.40. The SMILES string of the molecule is CCCCC(CC)COc1c(Cl)cc(CO)cc1OC.